The standard InChI is InChI=1S/C19H26N4O/c1-22(2)19-20-12-15(13-21-19)14-23-10-6-9-17(23)11-18(24)16-7-4-3-5-8-16/h3-5,7-8,12-13,17-18,24H,6,9-11,14H2,1-2H3/t17-,18+/m1/s1. The van der Waals surface area contributed by atoms with Crippen LogP contribution in [-0.4, -0.2) is 46.7 Å². The third kappa shape index (κ3) is 4.10. The molecule has 1 aliphatic heterocycles. The molecule has 0 spiro atoms. The highest BCUT2D eigenvalue weighted by atomic mass is 16.3. The molecule has 1 aromatic heterocycles. The zero-order chi connectivity index (χ0) is 16.9. The Balaban J connectivity index is 1.61. The van der Waals surface area contributed by atoms with Gasteiger partial charge in [0.15, 0.2) is 0 Å². The molecule has 1 aliphatic rings. The molecule has 1 N–H and O–H groups in total. The van der Waals surface area contributed by atoms with Gasteiger partial charge in [0, 0.05) is 44.6 Å². The van der Waals surface area contributed by atoms with Crippen LogP contribution < -0.4 is 4.90 Å². The molecule has 5 heteroatoms. The molecule has 24 heavy (non-hydrogen) atoms. The maximum absolute atomic E-state index is 10.5. The monoisotopic (exact) mass is 326 g/mol. The lowest BCUT2D eigenvalue weighted by Crippen LogP contribution is -2.30. The average Bonchev–Trinajstić information content (AvgIpc) is 3.03. The van der Waals surface area contributed by atoms with Gasteiger partial charge in [0.2, 0.25) is 5.95 Å². The third-order valence-corrected chi connectivity index (χ3v) is 4.66. The van der Waals surface area contributed by atoms with Crippen molar-refractivity contribution in [3.05, 3.63) is 53.9 Å². The smallest absolute Gasteiger partial charge is 0.224 e. The highest BCUT2D eigenvalue weighted by Crippen LogP contribution is 2.28. The predicted molar refractivity (Wildman–Crippen MR) is 95.8 cm³/mol. The highest BCUT2D eigenvalue weighted by Gasteiger charge is 2.27. The van der Waals surface area contributed by atoms with Crippen molar-refractivity contribution in [2.24, 2.45) is 0 Å². The molecule has 128 valence electrons. The molecular formula is C19H26N4O. The minimum Gasteiger partial charge on any atom is -0.388 e. The van der Waals surface area contributed by atoms with Crippen LogP contribution >= 0.6 is 0 Å². The minimum absolute atomic E-state index is 0.399. The Morgan fingerprint density at radius 3 is 2.58 bits per heavy atom. The van der Waals surface area contributed by atoms with E-state index in [2.05, 4.69) is 14.9 Å². The van der Waals surface area contributed by atoms with E-state index in [1.54, 1.807) is 0 Å². The second-order valence-corrected chi connectivity index (χ2v) is 6.71. The van der Waals surface area contributed by atoms with Crippen molar-refractivity contribution in [2.75, 3.05) is 25.5 Å². The maximum Gasteiger partial charge on any atom is 0.224 e. The van der Waals surface area contributed by atoms with Gasteiger partial charge in [-0.1, -0.05) is 30.3 Å². The fraction of sp³-hybridized carbons (Fsp3) is 0.474. The Labute approximate surface area is 144 Å². The fourth-order valence-corrected chi connectivity index (χ4v) is 3.33. The van der Waals surface area contributed by atoms with Crippen LogP contribution in [0.2, 0.25) is 0 Å². The summed E-state index contributed by atoms with van der Waals surface area (Å²) in [5.41, 5.74) is 2.13. The van der Waals surface area contributed by atoms with E-state index in [1.807, 2.05) is 61.7 Å². The first kappa shape index (κ1) is 16.9. The van der Waals surface area contributed by atoms with E-state index in [9.17, 15) is 5.11 Å². The number of anilines is 1. The quantitative estimate of drug-likeness (QED) is 0.884. The molecule has 0 bridgehead atoms. The van der Waals surface area contributed by atoms with Gasteiger partial charge < -0.3 is 10.0 Å². The largest absolute Gasteiger partial charge is 0.388 e. The Bertz CT molecular complexity index is 630. The molecule has 1 saturated heterocycles. The molecule has 1 aromatic carbocycles. The molecule has 2 heterocycles. The van der Waals surface area contributed by atoms with Crippen molar-refractivity contribution in [1.82, 2.24) is 14.9 Å². The lowest BCUT2D eigenvalue weighted by atomic mass is 10.0. The first-order valence-electron chi connectivity index (χ1n) is 8.59. The Morgan fingerprint density at radius 1 is 1.21 bits per heavy atom. The van der Waals surface area contributed by atoms with Gasteiger partial charge in [0.05, 0.1) is 6.10 Å². The summed E-state index contributed by atoms with van der Waals surface area (Å²) in [7, 11) is 3.88. The van der Waals surface area contributed by atoms with Gasteiger partial charge in [-0.05, 0) is 31.4 Å². The summed E-state index contributed by atoms with van der Waals surface area (Å²) in [6.07, 6.45) is 6.52. The molecule has 0 aliphatic carbocycles. The number of hydrogen-bond donors (Lipinski definition) is 1. The van der Waals surface area contributed by atoms with Crippen LogP contribution in [0.25, 0.3) is 0 Å². The van der Waals surface area contributed by atoms with Crippen LogP contribution in [0.3, 0.4) is 0 Å². The van der Waals surface area contributed by atoms with Crippen LogP contribution in [0, 0.1) is 0 Å². The lowest BCUT2D eigenvalue weighted by Gasteiger charge is -2.26. The summed E-state index contributed by atoms with van der Waals surface area (Å²) in [5, 5.41) is 10.5. The van der Waals surface area contributed by atoms with E-state index in [1.165, 1.54) is 6.42 Å². The third-order valence-electron chi connectivity index (χ3n) is 4.66. The van der Waals surface area contributed by atoms with E-state index < -0.39 is 6.10 Å². The van der Waals surface area contributed by atoms with Crippen molar-refractivity contribution in [2.45, 2.75) is 38.0 Å². The van der Waals surface area contributed by atoms with Crippen molar-refractivity contribution in [3.8, 4) is 0 Å². The first-order chi connectivity index (χ1) is 11.6. The lowest BCUT2D eigenvalue weighted by molar-refractivity contribution is 0.118. The van der Waals surface area contributed by atoms with E-state index in [0.717, 1.165) is 43.0 Å². The van der Waals surface area contributed by atoms with Gasteiger partial charge in [-0.3, -0.25) is 4.90 Å². The number of benzene rings is 1. The van der Waals surface area contributed by atoms with Gasteiger partial charge in [-0.15, -0.1) is 0 Å². The summed E-state index contributed by atoms with van der Waals surface area (Å²) in [6.45, 7) is 1.92. The summed E-state index contributed by atoms with van der Waals surface area (Å²) in [6, 6.07) is 10.3. The molecule has 0 amide bonds. The van der Waals surface area contributed by atoms with Crippen LogP contribution in [0.5, 0.6) is 0 Å². The number of aromatic nitrogens is 2. The Morgan fingerprint density at radius 2 is 1.92 bits per heavy atom. The SMILES string of the molecule is CN(C)c1ncc(CN2CCC[C@@H]2C[C@H](O)c2ccccc2)cn1. The van der Waals surface area contributed by atoms with E-state index in [-0.39, 0.29) is 0 Å². The van der Waals surface area contributed by atoms with Crippen LogP contribution in [0.1, 0.15) is 36.5 Å². The molecule has 2 atom stereocenters. The van der Waals surface area contributed by atoms with Crippen molar-refractivity contribution in [1.29, 1.82) is 0 Å². The van der Waals surface area contributed by atoms with Gasteiger partial charge in [-0.2, -0.15) is 0 Å². The number of nitrogens with zero attached hydrogens (tertiary/aromatic N) is 4. The maximum atomic E-state index is 10.5. The summed E-state index contributed by atoms with van der Waals surface area (Å²) in [5.74, 6) is 0.733. The molecule has 0 radical (unpaired) electrons. The van der Waals surface area contributed by atoms with Gasteiger partial charge in [0.1, 0.15) is 0 Å². The highest BCUT2D eigenvalue weighted by molar-refractivity contribution is 5.26. The van der Waals surface area contributed by atoms with E-state index in [0.29, 0.717) is 6.04 Å². The molecule has 3 rings (SSSR count). The zero-order valence-corrected chi connectivity index (χ0v) is 14.5. The molecule has 0 unspecified atom stereocenters. The summed E-state index contributed by atoms with van der Waals surface area (Å²) in [4.78, 5) is 13.1. The minimum atomic E-state index is -0.399. The van der Waals surface area contributed by atoms with E-state index in [4.69, 9.17) is 0 Å². The molecular weight excluding hydrogens is 300 g/mol. The van der Waals surface area contributed by atoms with Crippen molar-refractivity contribution in [3.63, 3.8) is 0 Å². The van der Waals surface area contributed by atoms with Crippen molar-refractivity contribution >= 4 is 5.95 Å². The number of aliphatic hydroxyl groups excluding tert-OH is 1. The van der Waals surface area contributed by atoms with Crippen LogP contribution in [0.4, 0.5) is 5.95 Å². The number of likely N-dealkylation sites (tertiary alicyclic amines) is 1. The van der Waals surface area contributed by atoms with Crippen LogP contribution in [0.15, 0.2) is 42.7 Å². The number of aliphatic hydroxyl groups is 1. The van der Waals surface area contributed by atoms with Gasteiger partial charge in [0.25, 0.3) is 0 Å². The number of rotatable bonds is 6. The first-order valence-corrected chi connectivity index (χ1v) is 8.59. The normalized spacial score (nSPS) is 19.4. The molecule has 1 fully saturated rings. The summed E-state index contributed by atoms with van der Waals surface area (Å²) < 4.78 is 0. The van der Waals surface area contributed by atoms with Crippen LogP contribution in [-0.2, 0) is 6.54 Å². The number of hydrogen-bond acceptors (Lipinski definition) is 5. The Hall–Kier alpha value is -1.98. The summed E-state index contributed by atoms with van der Waals surface area (Å²) >= 11 is 0. The zero-order valence-electron chi connectivity index (χ0n) is 14.5. The second kappa shape index (κ2) is 7.73. The van der Waals surface area contributed by atoms with Gasteiger partial charge >= 0.3 is 0 Å². The molecule has 0 saturated carbocycles. The molecule has 5 nitrogen and oxygen atoms in total. The van der Waals surface area contributed by atoms with E-state index >= 15 is 0 Å². The second-order valence-electron chi connectivity index (χ2n) is 6.71. The van der Waals surface area contributed by atoms with Crippen molar-refractivity contribution < 1.29 is 5.11 Å². The van der Waals surface area contributed by atoms with Gasteiger partial charge in [-0.25, -0.2) is 9.97 Å². The Kier molecular flexibility index (Phi) is 5.43. The average molecular weight is 326 g/mol. The predicted octanol–water partition coefficient (Wildman–Crippen LogP) is 2.63. The molecule has 2 aromatic rings. The topological polar surface area (TPSA) is 52.5 Å². The fourth-order valence-electron chi connectivity index (χ4n) is 3.33.